The predicted octanol–water partition coefficient (Wildman–Crippen LogP) is 0.907. The number of nitrogens with zero attached hydrogens (tertiary/aromatic N) is 3. The van der Waals surface area contributed by atoms with Gasteiger partial charge in [0.25, 0.3) is 0 Å². The molecule has 5 amide bonds. The number of unbranched alkanes of at least 4 members (excludes halogenated alkanes) is 1. The van der Waals surface area contributed by atoms with Crippen LogP contribution in [0.4, 0.5) is 13.2 Å². The van der Waals surface area contributed by atoms with Crippen molar-refractivity contribution in [1.29, 1.82) is 0 Å². The largest absolute Gasteiger partial charge is 0.542 e. The molecule has 0 radical (unpaired) electrons. The molecule has 0 aliphatic carbocycles. The van der Waals surface area contributed by atoms with Crippen molar-refractivity contribution in [3.05, 3.63) is 29.8 Å². The maximum atomic E-state index is 14.2. The lowest BCUT2D eigenvalue weighted by molar-refractivity contribution is -0.870. The van der Waals surface area contributed by atoms with Crippen molar-refractivity contribution in [1.82, 2.24) is 26.2 Å². The van der Waals surface area contributed by atoms with Crippen LogP contribution >= 0.6 is 0 Å². The molecule has 1 aliphatic rings. The minimum Gasteiger partial charge on any atom is -0.542 e. The molecule has 1 aromatic rings. The number of aliphatic carboxylic acids is 2. The molecule has 0 unspecified atom stereocenters. The van der Waals surface area contributed by atoms with Gasteiger partial charge in [0.2, 0.25) is 29.5 Å². The standard InChI is InChI=1S/C42H71N9O8.C2HF3O2/c1-26(2)24-32(40(58)59)48-38(56)34(42(4,5)6)49-36(54)31(25-28-17-19-29(52)20-18-28)47-37(55)33-16-13-22-50(33)39(57)30(15-12-21-45-41(43)44)46-35(53)27(3)14-10-11-23-51(7,8)9;3-2(4,5)1(6)7/h17-20,26-27,30-34H,10-16,21-25H2,1-9H3,(H9-,43,44,45,46,47,48,49,52,53,54,55,56,58,59);(H,6,7)/t27-,30-,31-,32-,33-,34+;/m0./s1. The van der Waals surface area contributed by atoms with E-state index in [2.05, 4.69) is 47.4 Å². The number of guanidine groups is 1. The van der Waals surface area contributed by atoms with Crippen LogP contribution in [-0.2, 0) is 40.0 Å². The minimum absolute atomic E-state index is 0.00643. The lowest BCUT2D eigenvalue weighted by Gasteiger charge is -2.33. The molecule has 66 heavy (non-hydrogen) atoms. The molecule has 6 atom stereocenters. The first kappa shape index (κ1) is 58.3. The van der Waals surface area contributed by atoms with Gasteiger partial charge in [-0.2, -0.15) is 13.2 Å². The average molecular weight is 944 g/mol. The smallest absolute Gasteiger partial charge is 0.430 e. The highest BCUT2D eigenvalue weighted by Gasteiger charge is 2.41. The molecule has 2 rings (SSSR count). The first-order valence-corrected chi connectivity index (χ1v) is 22.0. The number of hydrogen-bond donors (Lipinski definition) is 8. The number of phenolic OH excluding ortho intramolecular Hbond substituents is 1. The third-order valence-corrected chi connectivity index (χ3v) is 10.5. The summed E-state index contributed by atoms with van der Waals surface area (Å²) >= 11 is 0. The number of benzene rings is 1. The number of halogens is 3. The highest BCUT2D eigenvalue weighted by atomic mass is 19.4. The summed E-state index contributed by atoms with van der Waals surface area (Å²) in [5.74, 6) is -7.35. The van der Waals surface area contributed by atoms with Gasteiger partial charge < -0.3 is 62.2 Å². The number of phenols is 1. The van der Waals surface area contributed by atoms with Crippen LogP contribution in [0.1, 0.15) is 98.5 Å². The molecule has 1 saturated heterocycles. The van der Waals surface area contributed by atoms with Crippen LogP contribution < -0.4 is 37.8 Å². The van der Waals surface area contributed by atoms with Crippen molar-refractivity contribution in [2.24, 2.45) is 33.7 Å². The third-order valence-electron chi connectivity index (χ3n) is 10.5. The van der Waals surface area contributed by atoms with Crippen molar-refractivity contribution < 1.29 is 66.5 Å². The van der Waals surface area contributed by atoms with Crippen LogP contribution in [0.15, 0.2) is 29.3 Å². The number of carboxylic acids is 2. The van der Waals surface area contributed by atoms with E-state index in [0.717, 1.165) is 23.9 Å². The zero-order chi connectivity index (χ0) is 50.7. The quantitative estimate of drug-likeness (QED) is 0.0329. The molecule has 374 valence electrons. The van der Waals surface area contributed by atoms with Crippen LogP contribution in [-0.4, -0.2) is 144 Å². The van der Waals surface area contributed by atoms with Gasteiger partial charge in [0.1, 0.15) is 41.9 Å². The molecule has 0 bridgehead atoms. The van der Waals surface area contributed by atoms with Gasteiger partial charge in [-0.1, -0.05) is 53.7 Å². The number of nitrogens with one attached hydrogen (secondary N) is 4. The fourth-order valence-electron chi connectivity index (χ4n) is 6.96. The number of aromatic hydroxyl groups is 1. The second kappa shape index (κ2) is 26.5. The number of carbonyl (C=O) groups excluding carboxylic acids is 6. The summed E-state index contributed by atoms with van der Waals surface area (Å²) in [6.07, 6.45) is -1.17. The summed E-state index contributed by atoms with van der Waals surface area (Å²) in [6, 6.07) is 0.590. The summed E-state index contributed by atoms with van der Waals surface area (Å²) in [7, 11) is 6.34. The van der Waals surface area contributed by atoms with Crippen LogP contribution in [0, 0.1) is 17.3 Å². The topological polar surface area (TPSA) is 299 Å². The normalized spacial score (nSPS) is 16.3. The second-order valence-electron chi connectivity index (χ2n) is 19.2. The molecule has 1 aliphatic heterocycles. The molecular formula is C44H72F3N9O10. The Morgan fingerprint density at radius 3 is 1.92 bits per heavy atom. The molecule has 10 N–H and O–H groups in total. The molecule has 19 nitrogen and oxygen atoms in total. The lowest BCUT2D eigenvalue weighted by atomic mass is 9.85. The molecule has 22 heteroatoms. The Kier molecular flexibility index (Phi) is 23.4. The van der Waals surface area contributed by atoms with Crippen molar-refractivity contribution in [2.75, 3.05) is 40.8 Å². The molecule has 1 heterocycles. The fourth-order valence-corrected chi connectivity index (χ4v) is 6.96. The Labute approximate surface area is 385 Å². The van der Waals surface area contributed by atoms with E-state index in [1.54, 1.807) is 32.9 Å². The zero-order valence-corrected chi connectivity index (χ0v) is 39.6. The van der Waals surface area contributed by atoms with Crippen LogP contribution in [0.3, 0.4) is 0 Å². The van der Waals surface area contributed by atoms with Crippen molar-refractivity contribution in [2.45, 2.75) is 136 Å². The monoisotopic (exact) mass is 944 g/mol. The van der Waals surface area contributed by atoms with E-state index in [-0.39, 0.29) is 61.8 Å². The van der Waals surface area contributed by atoms with E-state index in [1.807, 2.05) is 20.8 Å². The number of aliphatic imine (C=N–C) groups is 1. The number of nitrogens with two attached hydrogens (primary N) is 2. The van der Waals surface area contributed by atoms with Crippen LogP contribution in [0.25, 0.3) is 0 Å². The van der Waals surface area contributed by atoms with Crippen molar-refractivity contribution >= 4 is 47.4 Å². The Morgan fingerprint density at radius 2 is 1.42 bits per heavy atom. The van der Waals surface area contributed by atoms with Gasteiger partial charge in [0.05, 0.1) is 27.7 Å². The van der Waals surface area contributed by atoms with Crippen molar-refractivity contribution in [3.8, 4) is 5.75 Å². The molecule has 0 spiro atoms. The van der Waals surface area contributed by atoms with E-state index in [0.29, 0.717) is 31.2 Å². The van der Waals surface area contributed by atoms with E-state index < -0.39 is 77.4 Å². The van der Waals surface area contributed by atoms with E-state index >= 15 is 0 Å². The highest BCUT2D eigenvalue weighted by Crippen LogP contribution is 2.23. The van der Waals surface area contributed by atoms with Gasteiger partial charge >= 0.3 is 12.1 Å². The van der Waals surface area contributed by atoms with Gasteiger partial charge in [0, 0.05) is 25.4 Å². The van der Waals surface area contributed by atoms with Crippen molar-refractivity contribution in [3.63, 3.8) is 0 Å². The number of carboxylic acid groups (broad SMARTS) is 2. The Hall–Kier alpha value is -5.67. The zero-order valence-electron chi connectivity index (χ0n) is 39.6. The summed E-state index contributed by atoms with van der Waals surface area (Å²) in [5, 5.41) is 39.5. The number of rotatable bonds is 23. The number of alkyl halides is 3. The predicted molar refractivity (Wildman–Crippen MR) is 238 cm³/mol. The highest BCUT2D eigenvalue weighted by molar-refractivity contribution is 5.96. The first-order chi connectivity index (χ1) is 30.3. The van der Waals surface area contributed by atoms with Gasteiger partial charge in [-0.15, -0.1) is 0 Å². The molecule has 0 saturated carbocycles. The summed E-state index contributed by atoms with van der Waals surface area (Å²) < 4.78 is 32.4. The number of quaternary nitrogens is 1. The van der Waals surface area contributed by atoms with Gasteiger partial charge in [-0.25, -0.2) is 4.79 Å². The third kappa shape index (κ3) is 22.0. The molecule has 0 aromatic heterocycles. The first-order valence-electron chi connectivity index (χ1n) is 22.0. The maximum Gasteiger partial charge on any atom is 0.430 e. The van der Waals surface area contributed by atoms with Gasteiger partial charge in [-0.3, -0.25) is 29.0 Å². The number of hydrogen-bond acceptors (Lipinski definition) is 10. The SMILES string of the molecule is CC(C)C[C@H](NC(=O)[C@@H](NC(=O)[C@H](Cc1ccc(O)cc1)NC(=O)[C@@H]1CCCN1C(=O)[C@H](CCCN=C(N)N)NC(=O)[C@@H](C)CCCC[N+](C)(C)C)C(C)(C)C)C(=O)O.O=C([O-])C(F)(F)F. The fraction of sp³-hybridized carbons (Fsp3) is 0.682. The maximum absolute atomic E-state index is 14.2. The molecule has 1 fully saturated rings. The summed E-state index contributed by atoms with van der Waals surface area (Å²) in [5.41, 5.74) is 10.7. The summed E-state index contributed by atoms with van der Waals surface area (Å²) in [4.78, 5) is 95.8. The number of amides is 5. The number of likely N-dealkylation sites (tertiary alicyclic amines) is 1. The van der Waals surface area contributed by atoms with Gasteiger partial charge in [0.15, 0.2) is 5.96 Å². The Balaban J connectivity index is 0.00000286. The van der Waals surface area contributed by atoms with E-state index in [9.17, 15) is 52.2 Å². The van der Waals surface area contributed by atoms with Crippen LogP contribution in [0.2, 0.25) is 0 Å². The summed E-state index contributed by atoms with van der Waals surface area (Å²) in [6.45, 7) is 12.1. The lowest BCUT2D eigenvalue weighted by Crippen LogP contribution is -2.61. The Bertz CT molecular complexity index is 1810. The van der Waals surface area contributed by atoms with Crippen LogP contribution in [0.5, 0.6) is 5.75 Å². The van der Waals surface area contributed by atoms with Gasteiger partial charge in [-0.05, 0) is 80.4 Å². The average Bonchev–Trinajstić information content (AvgIpc) is 3.68. The van der Waals surface area contributed by atoms with E-state index in [1.165, 1.54) is 17.0 Å². The molecule has 1 aromatic carbocycles. The van der Waals surface area contributed by atoms with E-state index in [4.69, 9.17) is 21.4 Å². The molecular weight excluding hydrogens is 872 g/mol. The number of carbonyl (C=O) groups is 7. The Morgan fingerprint density at radius 1 is 0.848 bits per heavy atom. The second-order valence-corrected chi connectivity index (χ2v) is 19.2. The minimum atomic E-state index is -5.19.